The molecule has 1 rings (SSSR count). The zero-order chi connectivity index (χ0) is 15.3. The van der Waals surface area contributed by atoms with E-state index in [2.05, 4.69) is 58.7 Å². The molecule has 1 aromatic carbocycles. The summed E-state index contributed by atoms with van der Waals surface area (Å²) in [5.74, 6) is 1.60. The normalized spacial score (nSPS) is 13.2. The molecule has 0 N–H and O–H groups in total. The molecular weight excluding hydrogens is 384 g/mol. The molecule has 114 valence electrons. The number of ether oxygens (including phenoxy) is 2. The quantitative estimate of drug-likeness (QED) is 0.507. The molecule has 0 saturated heterocycles. The van der Waals surface area contributed by atoms with Crippen LogP contribution in [0.1, 0.15) is 51.4 Å². The highest BCUT2D eigenvalue weighted by Gasteiger charge is 2.29. The lowest BCUT2D eigenvalue weighted by Crippen LogP contribution is -2.17. The topological polar surface area (TPSA) is 18.5 Å². The van der Waals surface area contributed by atoms with Gasteiger partial charge in [-0.2, -0.15) is 0 Å². The highest BCUT2D eigenvalue weighted by Crippen LogP contribution is 2.47. The molecule has 0 amide bonds. The Morgan fingerprint density at radius 1 is 1.05 bits per heavy atom. The van der Waals surface area contributed by atoms with Crippen LogP contribution in [0.25, 0.3) is 0 Å². The van der Waals surface area contributed by atoms with E-state index in [0.717, 1.165) is 22.4 Å². The van der Waals surface area contributed by atoms with Crippen molar-refractivity contribution in [3.05, 3.63) is 22.2 Å². The number of rotatable bonds is 7. The summed E-state index contributed by atoms with van der Waals surface area (Å²) in [7, 11) is 0. The van der Waals surface area contributed by atoms with Crippen LogP contribution in [0.5, 0.6) is 11.5 Å². The van der Waals surface area contributed by atoms with E-state index in [-0.39, 0.29) is 10.2 Å². The molecule has 0 saturated carbocycles. The SMILES string of the molecule is CCOc1cc(Br)c(C(Br)C(C)(C)CC)cc1OCC. The van der Waals surface area contributed by atoms with Gasteiger partial charge in [-0.25, -0.2) is 0 Å². The van der Waals surface area contributed by atoms with Crippen LogP contribution in [0.2, 0.25) is 0 Å². The predicted molar refractivity (Wildman–Crippen MR) is 92.2 cm³/mol. The van der Waals surface area contributed by atoms with Crippen molar-refractivity contribution < 1.29 is 9.47 Å². The summed E-state index contributed by atoms with van der Waals surface area (Å²) >= 11 is 7.50. The van der Waals surface area contributed by atoms with Gasteiger partial charge in [-0.15, -0.1) is 0 Å². The minimum atomic E-state index is 0.166. The minimum Gasteiger partial charge on any atom is -0.490 e. The number of benzene rings is 1. The third-order valence-corrected chi connectivity index (χ3v) is 5.95. The van der Waals surface area contributed by atoms with E-state index in [1.807, 2.05) is 19.9 Å². The Morgan fingerprint density at radius 3 is 2.00 bits per heavy atom. The van der Waals surface area contributed by atoms with Crippen LogP contribution in [0.3, 0.4) is 0 Å². The van der Waals surface area contributed by atoms with Gasteiger partial charge in [0.25, 0.3) is 0 Å². The third kappa shape index (κ3) is 4.14. The summed E-state index contributed by atoms with van der Waals surface area (Å²) < 4.78 is 12.4. The summed E-state index contributed by atoms with van der Waals surface area (Å²) in [4.78, 5) is 0.254. The number of hydrogen-bond donors (Lipinski definition) is 0. The van der Waals surface area contributed by atoms with Crippen molar-refractivity contribution in [3.8, 4) is 11.5 Å². The second-order valence-corrected chi connectivity index (χ2v) is 7.16. The first-order chi connectivity index (χ1) is 9.37. The van der Waals surface area contributed by atoms with Crippen LogP contribution in [0, 0.1) is 5.41 Å². The highest BCUT2D eigenvalue weighted by atomic mass is 79.9. The van der Waals surface area contributed by atoms with Gasteiger partial charge in [0.15, 0.2) is 11.5 Å². The third-order valence-electron chi connectivity index (χ3n) is 3.53. The van der Waals surface area contributed by atoms with Crippen LogP contribution in [-0.2, 0) is 0 Å². The van der Waals surface area contributed by atoms with Gasteiger partial charge in [-0.1, -0.05) is 52.6 Å². The Balaban J connectivity index is 3.24. The van der Waals surface area contributed by atoms with Crippen LogP contribution >= 0.6 is 31.9 Å². The Morgan fingerprint density at radius 2 is 1.55 bits per heavy atom. The lowest BCUT2D eigenvalue weighted by molar-refractivity contribution is 0.286. The molecule has 0 radical (unpaired) electrons. The summed E-state index contributed by atoms with van der Waals surface area (Å²) in [6.07, 6.45) is 1.09. The molecule has 4 heteroatoms. The smallest absolute Gasteiger partial charge is 0.162 e. The van der Waals surface area contributed by atoms with Crippen molar-refractivity contribution in [2.24, 2.45) is 5.41 Å². The van der Waals surface area contributed by atoms with Gasteiger partial charge in [0, 0.05) is 9.30 Å². The van der Waals surface area contributed by atoms with Gasteiger partial charge in [-0.3, -0.25) is 0 Å². The summed E-state index contributed by atoms with van der Waals surface area (Å²) in [6, 6.07) is 4.08. The van der Waals surface area contributed by atoms with Gasteiger partial charge in [0.2, 0.25) is 0 Å². The molecule has 1 atom stereocenters. The van der Waals surface area contributed by atoms with Crippen molar-refractivity contribution >= 4 is 31.9 Å². The lowest BCUT2D eigenvalue weighted by atomic mass is 9.83. The van der Waals surface area contributed by atoms with E-state index in [1.165, 1.54) is 5.56 Å². The second kappa shape index (κ2) is 7.69. The molecule has 0 heterocycles. The fourth-order valence-electron chi connectivity index (χ4n) is 1.88. The minimum absolute atomic E-state index is 0.166. The molecule has 2 nitrogen and oxygen atoms in total. The van der Waals surface area contributed by atoms with Crippen molar-refractivity contribution in [1.82, 2.24) is 0 Å². The van der Waals surface area contributed by atoms with Crippen molar-refractivity contribution in [2.75, 3.05) is 13.2 Å². The van der Waals surface area contributed by atoms with Crippen molar-refractivity contribution in [3.63, 3.8) is 0 Å². The Labute approximate surface area is 139 Å². The first-order valence-corrected chi connectivity index (χ1v) is 8.81. The first kappa shape index (κ1) is 17.8. The standard InChI is InChI=1S/C16H24Br2O2/c1-6-16(4,5)15(18)11-9-13(19-7-2)14(20-8-3)10-12(11)17/h9-10,15H,6-8H2,1-5H3. The van der Waals surface area contributed by atoms with Gasteiger partial charge in [0.05, 0.1) is 13.2 Å². The number of hydrogen-bond acceptors (Lipinski definition) is 2. The van der Waals surface area contributed by atoms with E-state index >= 15 is 0 Å². The maximum absolute atomic E-state index is 5.72. The molecule has 20 heavy (non-hydrogen) atoms. The molecule has 0 aliphatic rings. The van der Waals surface area contributed by atoms with Crippen molar-refractivity contribution in [2.45, 2.75) is 45.9 Å². The van der Waals surface area contributed by atoms with Gasteiger partial charge in [0.1, 0.15) is 0 Å². The molecular formula is C16H24Br2O2. The Bertz CT molecular complexity index is 444. The number of alkyl halides is 1. The van der Waals surface area contributed by atoms with Crippen LogP contribution in [0.4, 0.5) is 0 Å². The molecule has 0 bridgehead atoms. The van der Waals surface area contributed by atoms with E-state index in [1.54, 1.807) is 0 Å². The molecule has 0 aliphatic carbocycles. The van der Waals surface area contributed by atoms with Crippen LogP contribution in [-0.4, -0.2) is 13.2 Å². The van der Waals surface area contributed by atoms with E-state index in [4.69, 9.17) is 9.47 Å². The molecule has 0 aliphatic heterocycles. The zero-order valence-corrected chi connectivity index (χ0v) is 16.1. The van der Waals surface area contributed by atoms with Gasteiger partial charge >= 0.3 is 0 Å². The summed E-state index contributed by atoms with van der Waals surface area (Å²) in [6.45, 7) is 11.9. The maximum Gasteiger partial charge on any atom is 0.162 e. The lowest BCUT2D eigenvalue weighted by Gasteiger charge is -2.30. The molecule has 0 fully saturated rings. The average Bonchev–Trinajstić information content (AvgIpc) is 2.41. The summed E-state index contributed by atoms with van der Waals surface area (Å²) in [5.41, 5.74) is 1.36. The molecule has 0 aromatic heterocycles. The molecule has 0 spiro atoms. The van der Waals surface area contributed by atoms with E-state index in [9.17, 15) is 0 Å². The second-order valence-electron chi connectivity index (χ2n) is 5.39. The Hall–Kier alpha value is -0.220. The number of halogens is 2. The average molecular weight is 408 g/mol. The predicted octanol–water partition coefficient (Wildman–Crippen LogP) is 6.12. The van der Waals surface area contributed by atoms with E-state index in [0.29, 0.717) is 13.2 Å². The van der Waals surface area contributed by atoms with Crippen LogP contribution < -0.4 is 9.47 Å². The monoisotopic (exact) mass is 406 g/mol. The van der Waals surface area contributed by atoms with E-state index < -0.39 is 0 Å². The van der Waals surface area contributed by atoms with Crippen LogP contribution in [0.15, 0.2) is 16.6 Å². The van der Waals surface area contributed by atoms with Crippen molar-refractivity contribution in [1.29, 1.82) is 0 Å². The Kier molecular flexibility index (Phi) is 6.86. The van der Waals surface area contributed by atoms with Gasteiger partial charge < -0.3 is 9.47 Å². The molecule has 1 unspecified atom stereocenters. The first-order valence-electron chi connectivity index (χ1n) is 7.10. The maximum atomic E-state index is 5.72. The fourth-order valence-corrected chi connectivity index (χ4v) is 3.44. The largest absolute Gasteiger partial charge is 0.490 e. The van der Waals surface area contributed by atoms with Gasteiger partial charge in [-0.05, 0) is 43.4 Å². The molecule has 1 aromatic rings. The summed E-state index contributed by atoms with van der Waals surface area (Å²) in [5, 5.41) is 0. The fraction of sp³-hybridized carbons (Fsp3) is 0.625. The highest BCUT2D eigenvalue weighted by molar-refractivity contribution is 9.11. The zero-order valence-electron chi connectivity index (χ0n) is 12.9.